The summed E-state index contributed by atoms with van der Waals surface area (Å²) >= 11 is 0. The van der Waals surface area contributed by atoms with Gasteiger partial charge in [0.2, 0.25) is 0 Å². The molecule has 168 valence electrons. The monoisotopic (exact) mass is 458 g/mol. The third-order valence-electron chi connectivity index (χ3n) is 4.88. The largest absolute Gasteiger partial charge is 0.354 e. The Balaban J connectivity index is 2.17. The van der Waals surface area contributed by atoms with Crippen LogP contribution in [-0.4, -0.2) is 23.1 Å². The van der Waals surface area contributed by atoms with E-state index in [-0.39, 0.29) is 41.1 Å². The molecule has 0 radical (unpaired) electrons. The van der Waals surface area contributed by atoms with Crippen LogP contribution in [0, 0.1) is 25.6 Å². The molecule has 0 spiro atoms. The van der Waals surface area contributed by atoms with E-state index in [1.165, 1.54) is 36.2 Å². The molecule has 10 heteroatoms. The second-order valence-corrected chi connectivity index (χ2v) is 10.1. The van der Waals surface area contributed by atoms with Crippen LogP contribution in [0.4, 0.5) is 11.4 Å². The van der Waals surface area contributed by atoms with Gasteiger partial charge in [-0.15, -0.1) is 0 Å². The van der Waals surface area contributed by atoms with E-state index < -0.39 is 17.4 Å². The molecule has 0 aliphatic carbocycles. The molecule has 1 aliphatic heterocycles. The maximum absolute atomic E-state index is 13.3. The van der Waals surface area contributed by atoms with Gasteiger partial charge in [-0.2, -0.15) is 0 Å². The Bertz CT molecular complexity index is 1160. The first-order valence-corrected chi connectivity index (χ1v) is 11.4. The van der Waals surface area contributed by atoms with Crippen molar-refractivity contribution < 1.29 is 23.5 Å². The molecule has 1 aliphatic rings. The molecule has 0 saturated carbocycles. The summed E-state index contributed by atoms with van der Waals surface area (Å²) in [6.07, 6.45) is 1.53. The van der Waals surface area contributed by atoms with Crippen molar-refractivity contribution in [2.24, 2.45) is 5.41 Å². The van der Waals surface area contributed by atoms with Crippen molar-refractivity contribution in [1.29, 1.82) is 0 Å². The molecule has 1 fully saturated rings. The molecule has 9 nitrogen and oxygen atoms in total. The molecular formula is C22H23N2O7P. The minimum Gasteiger partial charge on any atom is -0.305 e. The van der Waals surface area contributed by atoms with Crippen LogP contribution in [0.1, 0.15) is 31.9 Å². The summed E-state index contributed by atoms with van der Waals surface area (Å²) < 4.78 is 24.4. The Morgan fingerprint density at radius 3 is 2.09 bits per heavy atom. The van der Waals surface area contributed by atoms with E-state index >= 15 is 0 Å². The molecule has 0 aromatic heterocycles. The van der Waals surface area contributed by atoms with Crippen molar-refractivity contribution >= 4 is 30.6 Å². The normalized spacial score (nSPS) is 18.2. The molecule has 32 heavy (non-hydrogen) atoms. The summed E-state index contributed by atoms with van der Waals surface area (Å²) in [5.41, 5.74) is 0.557. The smallest absolute Gasteiger partial charge is 0.305 e. The summed E-state index contributed by atoms with van der Waals surface area (Å²) in [7, 11) is -3.71. The standard InChI is InChI=1S/C22H23N2O7P/c1-16(12-17-8-4-6-10-20(17)23(25)26)19(18-9-5-7-11-21(18)24(27)28)13-32(29)30-14-22(2,3)15-31-32/h4-13H,14-15H2,1-3H3/b16-12+,19-13-. The second kappa shape index (κ2) is 9.16. The number of benzene rings is 2. The van der Waals surface area contributed by atoms with Gasteiger partial charge in [0.25, 0.3) is 11.4 Å². The van der Waals surface area contributed by atoms with Crippen molar-refractivity contribution in [3.8, 4) is 0 Å². The topological polar surface area (TPSA) is 122 Å². The third-order valence-corrected chi connectivity index (χ3v) is 6.43. The van der Waals surface area contributed by atoms with Gasteiger partial charge in [-0.05, 0) is 36.3 Å². The lowest BCUT2D eigenvalue weighted by Crippen LogP contribution is -2.28. The summed E-state index contributed by atoms with van der Waals surface area (Å²) in [5, 5.41) is 23.0. The van der Waals surface area contributed by atoms with Crippen molar-refractivity contribution in [2.75, 3.05) is 13.2 Å². The summed E-state index contributed by atoms with van der Waals surface area (Å²) in [4.78, 5) is 22.0. The fourth-order valence-electron chi connectivity index (χ4n) is 3.17. The Morgan fingerprint density at radius 2 is 1.50 bits per heavy atom. The minimum atomic E-state index is -3.71. The predicted octanol–water partition coefficient (Wildman–Crippen LogP) is 6.21. The maximum Gasteiger partial charge on any atom is 0.354 e. The van der Waals surface area contributed by atoms with Gasteiger partial charge in [-0.3, -0.25) is 24.8 Å². The molecule has 0 N–H and O–H groups in total. The number of nitro groups is 2. The fourth-order valence-corrected chi connectivity index (χ4v) is 5.11. The van der Waals surface area contributed by atoms with Crippen LogP contribution in [-0.2, 0) is 13.6 Å². The van der Waals surface area contributed by atoms with E-state index in [1.807, 2.05) is 13.8 Å². The van der Waals surface area contributed by atoms with Gasteiger partial charge in [-0.25, -0.2) is 0 Å². The lowest BCUT2D eigenvalue weighted by molar-refractivity contribution is -0.385. The van der Waals surface area contributed by atoms with Gasteiger partial charge >= 0.3 is 7.60 Å². The number of nitro benzene ring substituents is 2. The van der Waals surface area contributed by atoms with E-state index in [4.69, 9.17) is 9.05 Å². The lowest BCUT2D eigenvalue weighted by Gasteiger charge is -2.33. The van der Waals surface area contributed by atoms with Crippen molar-refractivity contribution in [1.82, 2.24) is 0 Å². The first-order chi connectivity index (χ1) is 15.0. The lowest BCUT2D eigenvalue weighted by atomic mass is 9.97. The van der Waals surface area contributed by atoms with Gasteiger partial charge in [0.05, 0.1) is 34.2 Å². The Kier molecular flexibility index (Phi) is 6.74. The fraction of sp³-hybridized carbons (Fsp3) is 0.273. The van der Waals surface area contributed by atoms with Crippen molar-refractivity contribution in [3.63, 3.8) is 0 Å². The van der Waals surface area contributed by atoms with Crippen LogP contribution in [0.5, 0.6) is 0 Å². The zero-order valence-electron chi connectivity index (χ0n) is 17.9. The second-order valence-electron chi connectivity index (χ2n) is 8.21. The van der Waals surface area contributed by atoms with Crippen LogP contribution in [0.25, 0.3) is 11.6 Å². The Morgan fingerprint density at radius 1 is 0.969 bits per heavy atom. The predicted molar refractivity (Wildman–Crippen MR) is 121 cm³/mol. The summed E-state index contributed by atoms with van der Waals surface area (Å²) in [5.74, 6) is 1.27. The van der Waals surface area contributed by atoms with Crippen LogP contribution in [0.15, 0.2) is 59.9 Å². The first kappa shape index (κ1) is 23.5. The highest BCUT2D eigenvalue weighted by Crippen LogP contribution is 2.57. The van der Waals surface area contributed by atoms with Crippen LogP contribution in [0.2, 0.25) is 0 Å². The molecule has 0 bridgehead atoms. The molecule has 3 rings (SSSR count). The van der Waals surface area contributed by atoms with Gasteiger partial charge < -0.3 is 9.05 Å². The van der Waals surface area contributed by atoms with Crippen molar-refractivity contribution in [2.45, 2.75) is 20.8 Å². The number of hydrogen-bond acceptors (Lipinski definition) is 7. The SMILES string of the molecule is CC(=C\c1ccccc1[N+](=O)[O-])/C(=C/P1(=O)OCC(C)(C)CO1)c1ccccc1[N+](=O)[O-]. The number of para-hydroxylation sites is 2. The molecule has 1 saturated heterocycles. The number of nitrogens with zero attached hydrogens (tertiary/aromatic N) is 2. The van der Waals surface area contributed by atoms with Crippen LogP contribution >= 0.6 is 7.60 Å². The molecule has 2 aromatic rings. The highest BCUT2D eigenvalue weighted by Gasteiger charge is 2.36. The maximum atomic E-state index is 13.3. The van der Waals surface area contributed by atoms with Gasteiger partial charge in [0.1, 0.15) is 0 Å². The van der Waals surface area contributed by atoms with Crippen LogP contribution < -0.4 is 0 Å². The zero-order valence-corrected chi connectivity index (χ0v) is 18.8. The average Bonchev–Trinajstić information content (AvgIpc) is 2.75. The minimum absolute atomic E-state index is 0.118. The number of allylic oxidation sites excluding steroid dienone is 2. The van der Waals surface area contributed by atoms with Crippen molar-refractivity contribution in [3.05, 3.63) is 91.3 Å². The van der Waals surface area contributed by atoms with E-state index in [0.717, 1.165) is 0 Å². The molecule has 1 heterocycles. The number of rotatable bonds is 6. The highest BCUT2D eigenvalue weighted by atomic mass is 31.2. The molecule has 0 amide bonds. The van der Waals surface area contributed by atoms with Gasteiger partial charge in [-0.1, -0.05) is 38.1 Å². The highest BCUT2D eigenvalue weighted by molar-refractivity contribution is 7.57. The number of hydrogen-bond donors (Lipinski definition) is 0. The van der Waals surface area contributed by atoms with Crippen LogP contribution in [0.3, 0.4) is 0 Å². The van der Waals surface area contributed by atoms with E-state index in [9.17, 15) is 24.8 Å². The zero-order chi connectivity index (χ0) is 23.5. The van der Waals surface area contributed by atoms with E-state index in [0.29, 0.717) is 11.1 Å². The molecule has 2 aromatic carbocycles. The van der Waals surface area contributed by atoms with Gasteiger partial charge in [0.15, 0.2) is 0 Å². The van der Waals surface area contributed by atoms with E-state index in [1.54, 1.807) is 31.2 Å². The quantitative estimate of drug-likeness (QED) is 0.218. The first-order valence-electron chi connectivity index (χ1n) is 9.79. The molecule has 0 unspecified atom stereocenters. The Labute approximate surface area is 185 Å². The van der Waals surface area contributed by atoms with Gasteiger partial charge in [0, 0.05) is 23.4 Å². The van der Waals surface area contributed by atoms with E-state index in [2.05, 4.69) is 0 Å². The third kappa shape index (κ3) is 5.37. The molecular weight excluding hydrogens is 435 g/mol. The summed E-state index contributed by atoms with van der Waals surface area (Å²) in [6.45, 7) is 5.83. The Hall–Kier alpha value is -3.13. The summed E-state index contributed by atoms with van der Waals surface area (Å²) in [6, 6.07) is 12.1. The molecule has 0 atom stereocenters. The average molecular weight is 458 g/mol.